The lowest BCUT2D eigenvalue weighted by molar-refractivity contribution is -0.116. The van der Waals surface area contributed by atoms with E-state index in [9.17, 15) is 18.4 Å². The zero-order valence-corrected chi connectivity index (χ0v) is 17.1. The van der Waals surface area contributed by atoms with Crippen LogP contribution in [0.4, 0.5) is 20.2 Å². The van der Waals surface area contributed by atoms with Gasteiger partial charge in [-0.25, -0.2) is 8.78 Å². The highest BCUT2D eigenvalue weighted by Crippen LogP contribution is 2.46. The van der Waals surface area contributed by atoms with Crippen molar-refractivity contribution in [2.75, 3.05) is 10.6 Å². The van der Waals surface area contributed by atoms with Crippen molar-refractivity contribution < 1.29 is 21.2 Å². The Balaban J connectivity index is 0.00000256. The summed E-state index contributed by atoms with van der Waals surface area (Å²) in [5, 5.41) is 5.81. The lowest BCUT2D eigenvalue weighted by Gasteiger charge is -2.22. The minimum absolute atomic E-state index is 0. The van der Waals surface area contributed by atoms with Crippen LogP contribution in [0.1, 0.15) is 52.5 Å². The number of aryl methyl sites for hydroxylation is 1. The van der Waals surface area contributed by atoms with Crippen LogP contribution < -0.4 is 10.6 Å². The molecule has 0 unspecified atom stereocenters. The fourth-order valence-electron chi connectivity index (χ4n) is 3.61. The Kier molecular flexibility index (Phi) is 6.34. The van der Waals surface area contributed by atoms with E-state index in [1.54, 1.807) is 13.0 Å². The van der Waals surface area contributed by atoms with Crippen LogP contribution in [0, 0.1) is 0 Å². The van der Waals surface area contributed by atoms with E-state index >= 15 is 0 Å². The summed E-state index contributed by atoms with van der Waals surface area (Å²) in [7, 11) is 0. The fraction of sp³-hybridized carbons (Fsp3) is 0.333. The first kappa shape index (κ1) is 21.7. The maximum Gasteiger partial charge on any atom is 0.270 e. The molecule has 0 radical (unpaired) electrons. The Hall–Kier alpha value is -3.02. The minimum atomic E-state index is -3.14. The van der Waals surface area contributed by atoms with Gasteiger partial charge in [0.2, 0.25) is 5.91 Å². The van der Waals surface area contributed by atoms with Crippen LogP contribution in [0.15, 0.2) is 60.7 Å². The van der Waals surface area contributed by atoms with Crippen molar-refractivity contribution >= 4 is 23.2 Å². The number of alkyl halides is 2. The van der Waals surface area contributed by atoms with Gasteiger partial charge in [-0.3, -0.25) is 9.59 Å². The second kappa shape index (κ2) is 8.78. The molecule has 2 aliphatic rings. The van der Waals surface area contributed by atoms with Crippen LogP contribution in [-0.2, 0) is 16.0 Å². The Morgan fingerprint density at radius 3 is 2.67 bits per heavy atom. The number of amides is 2. The second-order valence-electron chi connectivity index (χ2n) is 7.66. The fourth-order valence-corrected chi connectivity index (χ4v) is 3.61. The van der Waals surface area contributed by atoms with Gasteiger partial charge in [-0.2, -0.15) is 0 Å². The molecule has 0 atom stereocenters. The monoisotopic (exact) mass is 416 g/mol. The highest BCUT2D eigenvalue weighted by molar-refractivity contribution is 6.07. The number of rotatable bonds is 8. The summed E-state index contributed by atoms with van der Waals surface area (Å²) < 4.78 is 27.7. The first-order valence-corrected chi connectivity index (χ1v) is 10.1. The number of hydrogen-bond donors (Lipinski definition) is 2. The summed E-state index contributed by atoms with van der Waals surface area (Å²) in [6.07, 6.45) is 7.42. The molecule has 2 amide bonds. The number of anilines is 2. The van der Waals surface area contributed by atoms with Gasteiger partial charge in [0.25, 0.3) is 11.8 Å². The molecule has 1 aliphatic carbocycles. The molecule has 0 bridgehead atoms. The van der Waals surface area contributed by atoms with Crippen LogP contribution in [0.25, 0.3) is 0 Å². The van der Waals surface area contributed by atoms with E-state index in [1.807, 2.05) is 12.1 Å². The molecule has 0 saturated heterocycles. The van der Waals surface area contributed by atoms with Crippen molar-refractivity contribution in [2.24, 2.45) is 0 Å². The average Bonchev–Trinajstić information content (AvgIpc) is 3.55. The van der Waals surface area contributed by atoms with E-state index in [2.05, 4.69) is 23.8 Å². The number of nitrogens with one attached hydrogen (secondary N) is 2. The van der Waals surface area contributed by atoms with Gasteiger partial charge >= 0.3 is 0 Å². The molecule has 4 nitrogen and oxygen atoms in total. The lowest BCUT2D eigenvalue weighted by Crippen LogP contribution is -2.22. The van der Waals surface area contributed by atoms with Crippen molar-refractivity contribution in [1.29, 1.82) is 0 Å². The molecule has 162 valence electrons. The van der Waals surface area contributed by atoms with E-state index in [1.165, 1.54) is 12.2 Å². The molecule has 0 spiro atoms. The Labute approximate surface area is 178 Å². The molecular formula is C24H30F2N2O2. The third-order valence-electron chi connectivity index (χ3n) is 5.31. The molecule has 1 heterocycles. The Bertz CT molecular complexity index is 967. The zero-order chi connectivity index (χ0) is 21.9. The number of carbonyl (C=O) groups is 2. The van der Waals surface area contributed by atoms with E-state index in [0.717, 1.165) is 29.7 Å². The number of allylic oxidation sites excluding steroid dienone is 4. The molecule has 1 aliphatic heterocycles. The van der Waals surface area contributed by atoms with Gasteiger partial charge in [-0.05, 0) is 67.0 Å². The van der Waals surface area contributed by atoms with Crippen LogP contribution in [0.2, 0.25) is 0 Å². The quantitative estimate of drug-likeness (QED) is 0.303. The SMILES string of the molecule is C=C/C(CC(F)(F)C=C)=C(\C=C/C)C(=O)Nc1cc2c(c(C3CC3)c1)NC(=O)CC2.[HH].[HH]. The van der Waals surface area contributed by atoms with E-state index < -0.39 is 18.3 Å². The Morgan fingerprint density at radius 2 is 2.07 bits per heavy atom. The van der Waals surface area contributed by atoms with Gasteiger partial charge < -0.3 is 10.6 Å². The van der Waals surface area contributed by atoms with Crippen molar-refractivity contribution in [3.8, 4) is 0 Å². The van der Waals surface area contributed by atoms with Crippen LogP contribution in [0.3, 0.4) is 0 Å². The van der Waals surface area contributed by atoms with Gasteiger partial charge in [-0.15, -0.1) is 0 Å². The number of carbonyl (C=O) groups excluding carboxylic acids is 2. The first-order chi connectivity index (χ1) is 14.3. The molecule has 0 aromatic heterocycles. The molecule has 1 fully saturated rings. The number of fused-ring (bicyclic) bond motifs is 1. The first-order valence-electron chi connectivity index (χ1n) is 10.1. The summed E-state index contributed by atoms with van der Waals surface area (Å²) >= 11 is 0. The molecule has 1 aromatic carbocycles. The van der Waals surface area contributed by atoms with E-state index in [0.29, 0.717) is 30.5 Å². The van der Waals surface area contributed by atoms with Crippen molar-refractivity contribution in [2.45, 2.75) is 50.9 Å². The maximum atomic E-state index is 13.9. The average molecular weight is 417 g/mol. The van der Waals surface area contributed by atoms with Crippen molar-refractivity contribution in [1.82, 2.24) is 0 Å². The summed E-state index contributed by atoms with van der Waals surface area (Å²) in [6, 6.07) is 3.72. The summed E-state index contributed by atoms with van der Waals surface area (Å²) in [5.41, 5.74) is 3.73. The van der Waals surface area contributed by atoms with Crippen LogP contribution in [-0.4, -0.2) is 17.7 Å². The van der Waals surface area contributed by atoms with Crippen molar-refractivity contribution in [3.05, 3.63) is 71.9 Å². The molecule has 1 saturated carbocycles. The number of halogens is 2. The largest absolute Gasteiger partial charge is 0.326 e. The highest BCUT2D eigenvalue weighted by Gasteiger charge is 2.31. The smallest absolute Gasteiger partial charge is 0.270 e. The third-order valence-corrected chi connectivity index (χ3v) is 5.31. The standard InChI is InChI=1S/C24H26F2N2O2.2H2/c1-4-7-19(15(5-2)14-24(25,26)6-3)23(30)27-18-12-17-10-11-21(29)28-22(17)20(13-18)16-8-9-16;;/h4-7,12-13,16H,2-3,8-11,14H2,1H3,(H,27,30)(H,28,29);2*1H/b7-4-,19-15-;;. The number of benzene rings is 1. The predicted molar refractivity (Wildman–Crippen MR) is 120 cm³/mol. The van der Waals surface area contributed by atoms with Gasteiger partial charge in [0.15, 0.2) is 0 Å². The topological polar surface area (TPSA) is 58.2 Å². The molecule has 1 aromatic rings. The van der Waals surface area contributed by atoms with Crippen molar-refractivity contribution in [3.63, 3.8) is 0 Å². The van der Waals surface area contributed by atoms with Crippen LogP contribution >= 0.6 is 0 Å². The van der Waals surface area contributed by atoms with Gasteiger partial charge in [0.1, 0.15) is 0 Å². The minimum Gasteiger partial charge on any atom is -0.326 e. The Morgan fingerprint density at radius 1 is 1.33 bits per heavy atom. The molecular weight excluding hydrogens is 386 g/mol. The van der Waals surface area contributed by atoms with Crippen LogP contribution in [0.5, 0.6) is 0 Å². The molecule has 2 N–H and O–H groups in total. The normalized spacial score (nSPS) is 17.1. The second-order valence-corrected chi connectivity index (χ2v) is 7.66. The highest BCUT2D eigenvalue weighted by atomic mass is 19.3. The van der Waals surface area contributed by atoms with Gasteiger partial charge in [-0.1, -0.05) is 31.4 Å². The van der Waals surface area contributed by atoms with E-state index in [4.69, 9.17) is 0 Å². The number of hydrogen-bond acceptors (Lipinski definition) is 2. The molecule has 3 rings (SSSR count). The van der Waals surface area contributed by atoms with E-state index in [-0.39, 0.29) is 19.9 Å². The predicted octanol–water partition coefficient (Wildman–Crippen LogP) is 6.15. The van der Waals surface area contributed by atoms with Gasteiger partial charge in [0.05, 0.1) is 0 Å². The zero-order valence-electron chi connectivity index (χ0n) is 17.1. The van der Waals surface area contributed by atoms with Gasteiger partial charge in [0, 0.05) is 32.6 Å². The third kappa shape index (κ3) is 4.93. The lowest BCUT2D eigenvalue weighted by atomic mass is 9.95. The summed E-state index contributed by atoms with van der Waals surface area (Å²) in [5.74, 6) is -3.25. The summed E-state index contributed by atoms with van der Waals surface area (Å²) in [6.45, 7) is 8.48. The maximum absolute atomic E-state index is 13.9. The molecule has 6 heteroatoms. The summed E-state index contributed by atoms with van der Waals surface area (Å²) in [4.78, 5) is 24.8. The molecule has 30 heavy (non-hydrogen) atoms.